The molecule has 5 heteroatoms. The average Bonchev–Trinajstić information content (AvgIpc) is 3.52. The number of carbonyl (C=O) groups is 1. The first-order valence-corrected chi connectivity index (χ1v) is 10.7. The van der Waals surface area contributed by atoms with Gasteiger partial charge >= 0.3 is 5.97 Å². The molecular weight excluding hydrogens is 386 g/mol. The Morgan fingerprint density at radius 3 is 2.55 bits per heavy atom. The topological polar surface area (TPSA) is 78.0 Å². The van der Waals surface area contributed by atoms with Gasteiger partial charge in [0.2, 0.25) is 0 Å². The summed E-state index contributed by atoms with van der Waals surface area (Å²) in [4.78, 5) is 19.2. The van der Waals surface area contributed by atoms with Crippen molar-refractivity contribution in [3.05, 3.63) is 77.6 Å². The molecule has 1 aliphatic carbocycles. The zero-order valence-electron chi connectivity index (χ0n) is 17.5. The van der Waals surface area contributed by atoms with Crippen molar-refractivity contribution in [1.82, 2.24) is 15.3 Å². The lowest BCUT2D eigenvalue weighted by molar-refractivity contribution is 0.0699. The third-order valence-corrected chi connectivity index (χ3v) is 5.93. The Labute approximate surface area is 181 Å². The molecule has 1 aliphatic rings. The van der Waals surface area contributed by atoms with E-state index in [-0.39, 0.29) is 5.56 Å². The van der Waals surface area contributed by atoms with Crippen LogP contribution < -0.4 is 5.32 Å². The van der Waals surface area contributed by atoms with Crippen LogP contribution in [0.1, 0.15) is 34.6 Å². The molecule has 0 atom stereocenters. The van der Waals surface area contributed by atoms with Gasteiger partial charge in [-0.3, -0.25) is 0 Å². The highest BCUT2D eigenvalue weighted by Gasteiger charge is 2.20. The smallest absolute Gasteiger partial charge is 0.337 e. The van der Waals surface area contributed by atoms with Crippen LogP contribution in [0.4, 0.5) is 0 Å². The van der Waals surface area contributed by atoms with E-state index in [2.05, 4.69) is 63.8 Å². The van der Waals surface area contributed by atoms with Crippen LogP contribution in [0.15, 0.2) is 60.7 Å². The van der Waals surface area contributed by atoms with Crippen molar-refractivity contribution in [2.75, 3.05) is 6.54 Å². The van der Waals surface area contributed by atoms with Gasteiger partial charge in [0.05, 0.1) is 11.1 Å². The largest absolute Gasteiger partial charge is 0.478 e. The van der Waals surface area contributed by atoms with Gasteiger partial charge < -0.3 is 15.4 Å². The normalized spacial score (nSPS) is 13.6. The summed E-state index contributed by atoms with van der Waals surface area (Å²) in [7, 11) is 0. The third kappa shape index (κ3) is 4.09. The molecule has 0 radical (unpaired) electrons. The fourth-order valence-corrected chi connectivity index (χ4v) is 4.10. The summed E-state index contributed by atoms with van der Waals surface area (Å²) in [5.74, 6) is 0.595. The minimum Gasteiger partial charge on any atom is -0.478 e. The molecule has 5 nitrogen and oxygen atoms in total. The third-order valence-electron chi connectivity index (χ3n) is 5.93. The lowest BCUT2D eigenvalue weighted by Gasteiger charge is -2.12. The van der Waals surface area contributed by atoms with E-state index in [0.717, 1.165) is 41.2 Å². The highest BCUT2D eigenvalue weighted by Crippen LogP contribution is 2.31. The Kier molecular flexibility index (Phi) is 5.04. The number of nitrogens with one attached hydrogen (secondary N) is 2. The summed E-state index contributed by atoms with van der Waals surface area (Å²) in [5.41, 5.74) is 6.96. The van der Waals surface area contributed by atoms with E-state index < -0.39 is 5.97 Å². The monoisotopic (exact) mass is 411 g/mol. The molecule has 1 heterocycles. The maximum absolute atomic E-state index is 11.8. The predicted molar refractivity (Wildman–Crippen MR) is 123 cm³/mol. The van der Waals surface area contributed by atoms with Crippen LogP contribution in [0.25, 0.3) is 33.3 Å². The molecular formula is C26H25N3O2. The number of rotatable bonds is 7. The Balaban J connectivity index is 1.45. The van der Waals surface area contributed by atoms with Gasteiger partial charge in [0.15, 0.2) is 0 Å². The van der Waals surface area contributed by atoms with Crippen LogP contribution in [-0.4, -0.2) is 27.6 Å². The van der Waals surface area contributed by atoms with Crippen molar-refractivity contribution in [3.63, 3.8) is 0 Å². The van der Waals surface area contributed by atoms with Crippen LogP contribution in [0.2, 0.25) is 0 Å². The van der Waals surface area contributed by atoms with Crippen LogP contribution >= 0.6 is 0 Å². The summed E-state index contributed by atoms with van der Waals surface area (Å²) in [5, 5.41) is 13.2. The summed E-state index contributed by atoms with van der Waals surface area (Å²) in [6, 6.07) is 20.5. The van der Waals surface area contributed by atoms with Crippen LogP contribution in [0, 0.1) is 12.8 Å². The van der Waals surface area contributed by atoms with E-state index in [0.29, 0.717) is 11.3 Å². The van der Waals surface area contributed by atoms with Gasteiger partial charge in [-0.2, -0.15) is 0 Å². The number of H-pyrrole nitrogens is 1. The number of benzene rings is 3. The van der Waals surface area contributed by atoms with Gasteiger partial charge in [0.1, 0.15) is 11.3 Å². The molecule has 3 N–H and O–H groups in total. The molecule has 5 rings (SSSR count). The molecule has 0 saturated heterocycles. The molecule has 0 unspecified atom stereocenters. The van der Waals surface area contributed by atoms with Crippen molar-refractivity contribution in [3.8, 4) is 22.3 Å². The number of carboxylic acid groups (broad SMARTS) is 1. The number of carboxylic acids is 1. The second-order valence-electron chi connectivity index (χ2n) is 8.36. The van der Waals surface area contributed by atoms with E-state index >= 15 is 0 Å². The Morgan fingerprint density at radius 2 is 1.81 bits per heavy atom. The first-order valence-electron chi connectivity index (χ1n) is 10.7. The molecule has 0 bridgehead atoms. The van der Waals surface area contributed by atoms with Gasteiger partial charge in [-0.15, -0.1) is 0 Å². The van der Waals surface area contributed by atoms with Crippen molar-refractivity contribution in [2.24, 2.45) is 5.92 Å². The van der Waals surface area contributed by atoms with Crippen molar-refractivity contribution >= 4 is 17.0 Å². The van der Waals surface area contributed by atoms with Crippen molar-refractivity contribution in [2.45, 2.75) is 26.3 Å². The number of hydrogen-bond donors (Lipinski definition) is 3. The Hall–Kier alpha value is -3.44. The van der Waals surface area contributed by atoms with Gasteiger partial charge in [0, 0.05) is 6.54 Å². The minimum absolute atomic E-state index is 0.216. The number of imidazole rings is 1. The predicted octanol–water partition coefficient (Wildman–Crippen LogP) is 5.40. The molecule has 4 aromatic rings. The highest BCUT2D eigenvalue weighted by molar-refractivity contribution is 6.03. The second-order valence-corrected chi connectivity index (χ2v) is 8.36. The van der Waals surface area contributed by atoms with E-state index in [1.807, 2.05) is 13.0 Å². The quantitative estimate of drug-likeness (QED) is 0.380. The van der Waals surface area contributed by atoms with E-state index in [4.69, 9.17) is 0 Å². The van der Waals surface area contributed by atoms with E-state index in [1.54, 1.807) is 6.07 Å². The minimum atomic E-state index is -0.970. The maximum Gasteiger partial charge on any atom is 0.337 e. The molecule has 1 fully saturated rings. The fourth-order valence-electron chi connectivity index (χ4n) is 4.10. The first kappa shape index (κ1) is 19.5. The standard InChI is InChI=1S/C26H25N3O2/c1-16-28-24-13-21(12-23(26(30)31)25(24)29-16)18-8-10-19(11-9-18)22-5-3-2-4-20(22)15-27-14-17-6-7-17/h2-5,8-13,17,27H,6-7,14-15H2,1H3,(H,28,29)(H,30,31). The van der Waals surface area contributed by atoms with E-state index in [9.17, 15) is 9.90 Å². The molecule has 1 saturated carbocycles. The molecule has 0 amide bonds. The van der Waals surface area contributed by atoms with Crippen molar-refractivity contribution < 1.29 is 9.90 Å². The van der Waals surface area contributed by atoms with Crippen LogP contribution in [0.5, 0.6) is 0 Å². The number of aromatic nitrogens is 2. The number of aryl methyl sites for hydroxylation is 1. The number of aromatic carboxylic acids is 1. The molecule has 156 valence electrons. The molecule has 0 aliphatic heterocycles. The Morgan fingerprint density at radius 1 is 1.06 bits per heavy atom. The molecule has 1 aromatic heterocycles. The number of fused-ring (bicyclic) bond motifs is 1. The fraction of sp³-hybridized carbons (Fsp3) is 0.231. The van der Waals surface area contributed by atoms with Crippen LogP contribution in [-0.2, 0) is 6.54 Å². The number of nitrogens with zero attached hydrogens (tertiary/aromatic N) is 1. The van der Waals surface area contributed by atoms with Gasteiger partial charge in [-0.1, -0.05) is 48.5 Å². The highest BCUT2D eigenvalue weighted by atomic mass is 16.4. The van der Waals surface area contributed by atoms with Gasteiger partial charge in [-0.25, -0.2) is 9.78 Å². The van der Waals surface area contributed by atoms with E-state index in [1.165, 1.54) is 24.0 Å². The maximum atomic E-state index is 11.8. The van der Waals surface area contributed by atoms with Crippen LogP contribution in [0.3, 0.4) is 0 Å². The summed E-state index contributed by atoms with van der Waals surface area (Å²) in [6.07, 6.45) is 2.70. The van der Waals surface area contributed by atoms with Gasteiger partial charge in [-0.05, 0) is 72.2 Å². The molecule has 0 spiro atoms. The number of aromatic amines is 1. The molecule has 31 heavy (non-hydrogen) atoms. The summed E-state index contributed by atoms with van der Waals surface area (Å²) in [6.45, 7) is 3.79. The first-order chi connectivity index (χ1) is 15.1. The molecule has 3 aromatic carbocycles. The SMILES string of the molecule is Cc1nc2c(C(=O)O)cc(-c3ccc(-c4ccccc4CNCC4CC4)cc3)cc2[nH]1. The summed E-state index contributed by atoms with van der Waals surface area (Å²) >= 11 is 0. The average molecular weight is 412 g/mol. The van der Waals surface area contributed by atoms with Crippen molar-refractivity contribution in [1.29, 1.82) is 0 Å². The zero-order chi connectivity index (χ0) is 21.4. The Bertz CT molecular complexity index is 1250. The lowest BCUT2D eigenvalue weighted by Crippen LogP contribution is -2.16. The zero-order valence-corrected chi connectivity index (χ0v) is 17.5. The lowest BCUT2D eigenvalue weighted by atomic mass is 9.96. The number of hydrogen-bond acceptors (Lipinski definition) is 3. The second kappa shape index (κ2) is 8.00. The summed E-state index contributed by atoms with van der Waals surface area (Å²) < 4.78 is 0. The van der Waals surface area contributed by atoms with Gasteiger partial charge in [0.25, 0.3) is 0 Å².